The number of aliphatic carboxylic acids is 1. The third-order valence-corrected chi connectivity index (χ3v) is 4.50. The quantitative estimate of drug-likeness (QED) is 0.635. The number of carboxylic acids is 1. The van der Waals surface area contributed by atoms with E-state index in [4.69, 9.17) is 5.11 Å². The Balaban J connectivity index is 2.27. The van der Waals surface area contributed by atoms with Gasteiger partial charge in [-0.15, -0.1) is 0 Å². The molecule has 0 aromatic carbocycles. The van der Waals surface area contributed by atoms with Crippen molar-refractivity contribution in [1.29, 1.82) is 0 Å². The third kappa shape index (κ3) is 7.01. The third-order valence-electron chi connectivity index (χ3n) is 4.50. The number of likely N-dealkylation sites (tertiary alicyclic amines) is 1. The molecule has 0 aromatic heterocycles. The average Bonchev–Trinajstić information content (AvgIpc) is 2.56. The fourth-order valence-electron chi connectivity index (χ4n) is 2.81. The van der Waals surface area contributed by atoms with Gasteiger partial charge >= 0.3 is 5.97 Å². The number of hydrogen-bond acceptors (Lipinski definition) is 3. The zero-order valence-electron chi connectivity index (χ0n) is 14.3. The minimum absolute atomic E-state index is 0.0184. The lowest BCUT2D eigenvalue weighted by Crippen LogP contribution is -2.47. The number of rotatable bonds is 9. The monoisotopic (exact) mass is 326 g/mol. The molecule has 1 saturated heterocycles. The van der Waals surface area contributed by atoms with Crippen LogP contribution >= 0.6 is 0 Å². The van der Waals surface area contributed by atoms with Gasteiger partial charge < -0.3 is 15.3 Å². The number of unbranched alkanes of at least 4 members (excludes halogenated alkanes) is 2. The van der Waals surface area contributed by atoms with Gasteiger partial charge in [-0.2, -0.15) is 0 Å². The second kappa shape index (κ2) is 10.2. The molecule has 132 valence electrons. The predicted molar refractivity (Wildman–Crippen MR) is 87.9 cm³/mol. The van der Waals surface area contributed by atoms with Gasteiger partial charge in [-0.1, -0.05) is 20.3 Å². The Morgan fingerprint density at radius 2 is 2.00 bits per heavy atom. The van der Waals surface area contributed by atoms with E-state index in [-0.39, 0.29) is 30.1 Å². The first kappa shape index (κ1) is 19.5. The van der Waals surface area contributed by atoms with Crippen LogP contribution in [0.4, 0.5) is 0 Å². The van der Waals surface area contributed by atoms with Crippen molar-refractivity contribution in [3.63, 3.8) is 0 Å². The van der Waals surface area contributed by atoms with Crippen LogP contribution in [-0.2, 0) is 14.4 Å². The Hall–Kier alpha value is -1.59. The molecule has 2 N–H and O–H groups in total. The zero-order chi connectivity index (χ0) is 17.2. The Morgan fingerprint density at radius 1 is 1.26 bits per heavy atom. The van der Waals surface area contributed by atoms with Crippen molar-refractivity contribution in [1.82, 2.24) is 10.2 Å². The maximum absolute atomic E-state index is 12.2. The van der Waals surface area contributed by atoms with Gasteiger partial charge in [0.15, 0.2) is 0 Å². The fraction of sp³-hybridized carbons (Fsp3) is 0.824. The van der Waals surface area contributed by atoms with E-state index in [1.54, 1.807) is 0 Å². The van der Waals surface area contributed by atoms with Crippen LogP contribution in [0.2, 0.25) is 0 Å². The van der Waals surface area contributed by atoms with Gasteiger partial charge in [0, 0.05) is 32.0 Å². The Bertz CT molecular complexity index is 411. The Kier molecular flexibility index (Phi) is 8.66. The van der Waals surface area contributed by atoms with Gasteiger partial charge in [-0.3, -0.25) is 14.4 Å². The van der Waals surface area contributed by atoms with Crippen molar-refractivity contribution in [3.8, 4) is 0 Å². The van der Waals surface area contributed by atoms with Crippen molar-refractivity contribution in [3.05, 3.63) is 0 Å². The van der Waals surface area contributed by atoms with E-state index in [0.717, 1.165) is 38.6 Å². The summed E-state index contributed by atoms with van der Waals surface area (Å²) in [5, 5.41) is 11.5. The summed E-state index contributed by atoms with van der Waals surface area (Å²) in [6.45, 7) is 5.79. The molecule has 1 rings (SSSR count). The molecule has 0 spiro atoms. The SMILES string of the molecule is CCC(C)C(=O)N1CCCC(C(=O)NCCCCCC(=O)O)C1. The highest BCUT2D eigenvalue weighted by Gasteiger charge is 2.29. The number of carbonyl (C=O) groups excluding carboxylic acids is 2. The number of piperidine rings is 1. The lowest BCUT2D eigenvalue weighted by molar-refractivity contribution is -0.139. The molecule has 6 heteroatoms. The van der Waals surface area contributed by atoms with Gasteiger partial charge in [0.05, 0.1) is 5.92 Å². The second-order valence-electron chi connectivity index (χ2n) is 6.43. The summed E-state index contributed by atoms with van der Waals surface area (Å²) in [7, 11) is 0. The number of nitrogens with zero attached hydrogens (tertiary/aromatic N) is 1. The van der Waals surface area contributed by atoms with Gasteiger partial charge in [0.25, 0.3) is 0 Å². The second-order valence-corrected chi connectivity index (χ2v) is 6.43. The maximum Gasteiger partial charge on any atom is 0.303 e. The standard InChI is InChI=1S/C17H30N2O4/c1-3-13(2)17(23)19-11-7-8-14(12-19)16(22)18-10-6-4-5-9-15(20)21/h13-14H,3-12H2,1-2H3,(H,18,22)(H,20,21). The first-order valence-corrected chi connectivity index (χ1v) is 8.74. The van der Waals surface area contributed by atoms with Crippen LogP contribution in [0.5, 0.6) is 0 Å². The largest absolute Gasteiger partial charge is 0.481 e. The minimum atomic E-state index is -0.776. The van der Waals surface area contributed by atoms with Crippen LogP contribution in [0.15, 0.2) is 0 Å². The normalized spacial score (nSPS) is 19.2. The molecule has 1 heterocycles. The number of carbonyl (C=O) groups is 3. The molecule has 1 aliphatic heterocycles. The van der Waals surface area contributed by atoms with Gasteiger partial charge in [0.1, 0.15) is 0 Å². The fourth-order valence-corrected chi connectivity index (χ4v) is 2.81. The summed E-state index contributed by atoms with van der Waals surface area (Å²) in [5.74, 6) is -0.701. The molecule has 0 bridgehead atoms. The van der Waals surface area contributed by atoms with Crippen molar-refractivity contribution < 1.29 is 19.5 Å². The molecule has 6 nitrogen and oxygen atoms in total. The number of carboxylic acid groups (broad SMARTS) is 1. The minimum Gasteiger partial charge on any atom is -0.481 e. The van der Waals surface area contributed by atoms with Crippen molar-refractivity contribution >= 4 is 17.8 Å². The lowest BCUT2D eigenvalue weighted by Gasteiger charge is -2.33. The van der Waals surface area contributed by atoms with Crippen molar-refractivity contribution in [2.45, 2.75) is 58.8 Å². The summed E-state index contributed by atoms with van der Waals surface area (Å²) >= 11 is 0. The van der Waals surface area contributed by atoms with Crippen LogP contribution in [0.25, 0.3) is 0 Å². The number of nitrogens with one attached hydrogen (secondary N) is 1. The van der Waals surface area contributed by atoms with E-state index < -0.39 is 5.97 Å². The highest BCUT2D eigenvalue weighted by atomic mass is 16.4. The first-order chi connectivity index (χ1) is 11.0. The predicted octanol–water partition coefficient (Wildman–Crippen LogP) is 2.03. The first-order valence-electron chi connectivity index (χ1n) is 8.74. The zero-order valence-corrected chi connectivity index (χ0v) is 14.3. The van der Waals surface area contributed by atoms with Gasteiger partial charge in [0.2, 0.25) is 11.8 Å². The molecule has 0 saturated carbocycles. The van der Waals surface area contributed by atoms with E-state index in [1.165, 1.54) is 0 Å². The summed E-state index contributed by atoms with van der Waals surface area (Å²) < 4.78 is 0. The van der Waals surface area contributed by atoms with Gasteiger partial charge in [-0.05, 0) is 32.1 Å². The molecular formula is C17H30N2O4. The highest BCUT2D eigenvalue weighted by Crippen LogP contribution is 2.19. The van der Waals surface area contributed by atoms with Crippen LogP contribution in [0, 0.1) is 11.8 Å². The molecule has 2 amide bonds. The molecule has 0 radical (unpaired) electrons. The number of amides is 2. The summed E-state index contributed by atoms with van der Waals surface area (Å²) in [6.07, 6.45) is 4.95. The smallest absolute Gasteiger partial charge is 0.303 e. The van der Waals surface area contributed by atoms with Gasteiger partial charge in [-0.25, -0.2) is 0 Å². The van der Waals surface area contributed by atoms with E-state index in [2.05, 4.69) is 5.32 Å². The molecule has 1 aliphatic rings. The lowest BCUT2D eigenvalue weighted by atomic mass is 9.95. The number of hydrogen-bond donors (Lipinski definition) is 2. The molecule has 2 atom stereocenters. The molecule has 0 aliphatic carbocycles. The molecular weight excluding hydrogens is 296 g/mol. The van der Waals surface area contributed by atoms with Crippen LogP contribution in [-0.4, -0.2) is 47.4 Å². The van der Waals surface area contributed by atoms with E-state index in [9.17, 15) is 14.4 Å². The van der Waals surface area contributed by atoms with E-state index >= 15 is 0 Å². The van der Waals surface area contributed by atoms with Crippen molar-refractivity contribution in [2.24, 2.45) is 11.8 Å². The summed E-state index contributed by atoms with van der Waals surface area (Å²) in [5.41, 5.74) is 0. The summed E-state index contributed by atoms with van der Waals surface area (Å²) in [6, 6.07) is 0. The van der Waals surface area contributed by atoms with E-state index in [0.29, 0.717) is 19.5 Å². The van der Waals surface area contributed by atoms with Crippen LogP contribution in [0.3, 0.4) is 0 Å². The average molecular weight is 326 g/mol. The molecule has 23 heavy (non-hydrogen) atoms. The van der Waals surface area contributed by atoms with Crippen LogP contribution < -0.4 is 5.32 Å². The molecule has 0 aromatic rings. The molecule has 1 fully saturated rings. The summed E-state index contributed by atoms with van der Waals surface area (Å²) in [4.78, 5) is 36.7. The Morgan fingerprint density at radius 3 is 2.65 bits per heavy atom. The van der Waals surface area contributed by atoms with E-state index in [1.807, 2.05) is 18.7 Å². The maximum atomic E-state index is 12.2. The topological polar surface area (TPSA) is 86.7 Å². The Labute approximate surface area is 138 Å². The molecule has 2 unspecified atom stereocenters. The highest BCUT2D eigenvalue weighted by molar-refractivity contribution is 5.82. The van der Waals surface area contributed by atoms with Crippen LogP contribution in [0.1, 0.15) is 58.8 Å². The van der Waals surface area contributed by atoms with Crippen molar-refractivity contribution in [2.75, 3.05) is 19.6 Å².